The zero-order chi connectivity index (χ0) is 14.4. The van der Waals surface area contributed by atoms with Crippen molar-refractivity contribution in [3.05, 3.63) is 0 Å². The fourth-order valence-electron chi connectivity index (χ4n) is 2.61. The smallest absolute Gasteiger partial charge is 0.322 e. The van der Waals surface area contributed by atoms with Crippen LogP contribution in [0.2, 0.25) is 0 Å². The third-order valence-electron chi connectivity index (χ3n) is 3.71. The predicted octanol–water partition coefficient (Wildman–Crippen LogP) is 1.13. The fraction of sp³-hybridized carbons (Fsp3) is 0.769. The highest BCUT2D eigenvalue weighted by molar-refractivity contribution is 5.35. The molecular formula is C13H23N5O2. The second kappa shape index (κ2) is 7.23. The molecule has 0 saturated heterocycles. The molecule has 0 radical (unpaired) electrons. The molecule has 0 spiro atoms. The SMILES string of the molecule is CCNc1nc(NCC2CCCC2CO)nc(OC)n1. The van der Waals surface area contributed by atoms with Crippen LogP contribution in [0.4, 0.5) is 11.9 Å². The van der Waals surface area contributed by atoms with Gasteiger partial charge in [0.2, 0.25) is 11.9 Å². The Hall–Kier alpha value is -1.63. The molecule has 1 saturated carbocycles. The lowest BCUT2D eigenvalue weighted by atomic mass is 9.97. The van der Waals surface area contributed by atoms with E-state index in [1.807, 2.05) is 6.92 Å². The molecule has 1 heterocycles. The standard InChI is InChI=1S/C13H23N5O2/c1-3-14-11-16-12(18-13(17-11)20-2)15-7-9-5-4-6-10(9)8-19/h9-10,19H,3-8H2,1-2H3,(H2,14,15,16,17,18). The van der Waals surface area contributed by atoms with Crippen molar-refractivity contribution in [2.45, 2.75) is 26.2 Å². The van der Waals surface area contributed by atoms with Crippen molar-refractivity contribution >= 4 is 11.9 Å². The van der Waals surface area contributed by atoms with Crippen molar-refractivity contribution in [3.8, 4) is 6.01 Å². The van der Waals surface area contributed by atoms with Crippen LogP contribution in [-0.2, 0) is 0 Å². The van der Waals surface area contributed by atoms with Crippen molar-refractivity contribution in [3.63, 3.8) is 0 Å². The Morgan fingerprint density at radius 1 is 1.15 bits per heavy atom. The van der Waals surface area contributed by atoms with Gasteiger partial charge >= 0.3 is 6.01 Å². The van der Waals surface area contributed by atoms with Crippen LogP contribution in [0.3, 0.4) is 0 Å². The van der Waals surface area contributed by atoms with Crippen LogP contribution < -0.4 is 15.4 Å². The molecule has 0 amide bonds. The highest BCUT2D eigenvalue weighted by Gasteiger charge is 2.26. The average molecular weight is 281 g/mol. The summed E-state index contributed by atoms with van der Waals surface area (Å²) in [6.07, 6.45) is 3.42. The molecule has 2 rings (SSSR count). The molecule has 112 valence electrons. The van der Waals surface area contributed by atoms with E-state index < -0.39 is 0 Å². The number of hydrogen-bond donors (Lipinski definition) is 3. The molecule has 0 bridgehead atoms. The molecule has 0 aromatic carbocycles. The third kappa shape index (κ3) is 3.69. The average Bonchev–Trinajstić information content (AvgIpc) is 2.92. The summed E-state index contributed by atoms with van der Waals surface area (Å²) < 4.78 is 5.07. The minimum Gasteiger partial charge on any atom is -0.467 e. The largest absolute Gasteiger partial charge is 0.467 e. The summed E-state index contributed by atoms with van der Waals surface area (Å²) in [5.41, 5.74) is 0. The van der Waals surface area contributed by atoms with Crippen molar-refractivity contribution in [1.82, 2.24) is 15.0 Å². The Morgan fingerprint density at radius 2 is 1.85 bits per heavy atom. The lowest BCUT2D eigenvalue weighted by Crippen LogP contribution is -2.22. The number of aliphatic hydroxyl groups is 1. The summed E-state index contributed by atoms with van der Waals surface area (Å²) in [6, 6.07) is 0.295. The molecule has 0 aliphatic heterocycles. The zero-order valence-corrected chi connectivity index (χ0v) is 12.1. The van der Waals surface area contributed by atoms with Gasteiger partial charge in [0.25, 0.3) is 0 Å². The van der Waals surface area contributed by atoms with E-state index in [-0.39, 0.29) is 6.61 Å². The lowest BCUT2D eigenvalue weighted by molar-refractivity contribution is 0.198. The summed E-state index contributed by atoms with van der Waals surface area (Å²) in [5, 5.41) is 15.6. The molecule has 2 atom stereocenters. The van der Waals surface area contributed by atoms with E-state index in [0.717, 1.165) is 25.9 Å². The third-order valence-corrected chi connectivity index (χ3v) is 3.71. The summed E-state index contributed by atoms with van der Waals surface area (Å²) in [7, 11) is 1.54. The maximum absolute atomic E-state index is 9.33. The van der Waals surface area contributed by atoms with Gasteiger partial charge in [0.15, 0.2) is 0 Å². The monoisotopic (exact) mass is 281 g/mol. The molecule has 3 N–H and O–H groups in total. The molecule has 1 fully saturated rings. The maximum atomic E-state index is 9.33. The molecule has 7 nitrogen and oxygen atoms in total. The van der Waals surface area contributed by atoms with Gasteiger partial charge in [-0.2, -0.15) is 15.0 Å². The first-order chi connectivity index (χ1) is 9.76. The molecule has 1 aliphatic rings. The van der Waals surface area contributed by atoms with Gasteiger partial charge in [-0.3, -0.25) is 0 Å². The Morgan fingerprint density at radius 3 is 2.50 bits per heavy atom. The predicted molar refractivity (Wildman–Crippen MR) is 76.9 cm³/mol. The quantitative estimate of drug-likeness (QED) is 0.690. The molecule has 1 aromatic heterocycles. The number of anilines is 2. The number of aliphatic hydroxyl groups excluding tert-OH is 1. The normalized spacial score (nSPS) is 21.8. The molecule has 7 heteroatoms. The second-order valence-electron chi connectivity index (χ2n) is 5.01. The van der Waals surface area contributed by atoms with E-state index in [9.17, 15) is 5.11 Å². The minimum absolute atomic E-state index is 0.259. The Kier molecular flexibility index (Phi) is 5.34. The number of aromatic nitrogens is 3. The first-order valence-electron chi connectivity index (χ1n) is 7.15. The zero-order valence-electron chi connectivity index (χ0n) is 12.1. The first kappa shape index (κ1) is 14.8. The van der Waals surface area contributed by atoms with Crippen LogP contribution in [0.25, 0.3) is 0 Å². The van der Waals surface area contributed by atoms with E-state index in [1.54, 1.807) is 0 Å². The van der Waals surface area contributed by atoms with Gasteiger partial charge in [0.1, 0.15) is 0 Å². The summed E-state index contributed by atoms with van der Waals surface area (Å²) in [6.45, 7) is 3.75. The highest BCUT2D eigenvalue weighted by atomic mass is 16.5. The fourth-order valence-corrected chi connectivity index (χ4v) is 2.61. The number of ether oxygens (including phenoxy) is 1. The molecule has 1 aromatic rings. The summed E-state index contributed by atoms with van der Waals surface area (Å²) in [5.74, 6) is 1.88. The van der Waals surface area contributed by atoms with Crippen LogP contribution in [0.1, 0.15) is 26.2 Å². The van der Waals surface area contributed by atoms with Gasteiger partial charge < -0.3 is 20.5 Å². The summed E-state index contributed by atoms with van der Waals surface area (Å²) >= 11 is 0. The van der Waals surface area contributed by atoms with Crippen molar-refractivity contribution in [2.24, 2.45) is 11.8 Å². The van der Waals surface area contributed by atoms with Crippen LogP contribution in [-0.4, -0.2) is 46.9 Å². The Labute approximate surface area is 119 Å². The number of rotatable bonds is 7. The molecular weight excluding hydrogens is 258 g/mol. The van der Waals surface area contributed by atoms with E-state index in [1.165, 1.54) is 13.5 Å². The highest BCUT2D eigenvalue weighted by Crippen LogP contribution is 2.31. The Balaban J connectivity index is 1.99. The van der Waals surface area contributed by atoms with Gasteiger partial charge in [0, 0.05) is 19.7 Å². The Bertz CT molecular complexity index is 429. The van der Waals surface area contributed by atoms with Gasteiger partial charge in [-0.15, -0.1) is 0 Å². The van der Waals surface area contributed by atoms with Gasteiger partial charge in [-0.1, -0.05) is 6.42 Å². The van der Waals surface area contributed by atoms with Crippen LogP contribution in [0.5, 0.6) is 6.01 Å². The topological polar surface area (TPSA) is 92.2 Å². The second-order valence-corrected chi connectivity index (χ2v) is 5.01. The van der Waals surface area contributed by atoms with E-state index in [2.05, 4.69) is 25.6 Å². The lowest BCUT2D eigenvalue weighted by Gasteiger charge is -2.18. The van der Waals surface area contributed by atoms with Crippen LogP contribution >= 0.6 is 0 Å². The van der Waals surface area contributed by atoms with Gasteiger partial charge in [-0.25, -0.2) is 0 Å². The van der Waals surface area contributed by atoms with Crippen LogP contribution in [0.15, 0.2) is 0 Å². The van der Waals surface area contributed by atoms with Crippen molar-refractivity contribution in [2.75, 3.05) is 37.4 Å². The summed E-state index contributed by atoms with van der Waals surface area (Å²) in [4.78, 5) is 12.6. The maximum Gasteiger partial charge on any atom is 0.322 e. The number of methoxy groups -OCH3 is 1. The van der Waals surface area contributed by atoms with E-state index >= 15 is 0 Å². The molecule has 20 heavy (non-hydrogen) atoms. The number of nitrogens with zero attached hydrogens (tertiary/aromatic N) is 3. The van der Waals surface area contributed by atoms with Gasteiger partial charge in [-0.05, 0) is 31.6 Å². The minimum atomic E-state index is 0.259. The van der Waals surface area contributed by atoms with Gasteiger partial charge in [0.05, 0.1) is 7.11 Å². The number of hydrogen-bond acceptors (Lipinski definition) is 7. The molecule has 1 aliphatic carbocycles. The molecule has 2 unspecified atom stereocenters. The van der Waals surface area contributed by atoms with E-state index in [4.69, 9.17) is 4.74 Å². The van der Waals surface area contributed by atoms with Crippen molar-refractivity contribution in [1.29, 1.82) is 0 Å². The van der Waals surface area contributed by atoms with E-state index in [0.29, 0.717) is 29.7 Å². The van der Waals surface area contributed by atoms with Crippen LogP contribution in [0, 0.1) is 11.8 Å². The first-order valence-corrected chi connectivity index (χ1v) is 7.15. The van der Waals surface area contributed by atoms with Crippen molar-refractivity contribution < 1.29 is 9.84 Å². The number of nitrogens with one attached hydrogen (secondary N) is 2.